The maximum Gasteiger partial charge on any atom is 0.193 e. The fourth-order valence-corrected chi connectivity index (χ4v) is 4.46. The molecule has 0 saturated carbocycles. The highest BCUT2D eigenvalue weighted by Crippen LogP contribution is 2.21. The summed E-state index contributed by atoms with van der Waals surface area (Å²) >= 11 is 0. The molecule has 0 spiro atoms. The molecule has 2 unspecified atom stereocenters. The van der Waals surface area contributed by atoms with Crippen molar-refractivity contribution in [1.82, 2.24) is 15.1 Å². The number of aliphatic imine (C=N–C) groups is 1. The Kier molecular flexibility index (Phi) is 12.9. The van der Waals surface area contributed by atoms with Gasteiger partial charge in [0.2, 0.25) is 0 Å². The second kappa shape index (κ2) is 14.0. The number of aliphatic hydroxyl groups is 1. The van der Waals surface area contributed by atoms with Gasteiger partial charge < -0.3 is 20.2 Å². The van der Waals surface area contributed by atoms with E-state index in [0.29, 0.717) is 11.8 Å². The third-order valence-electron chi connectivity index (χ3n) is 5.73. The van der Waals surface area contributed by atoms with Gasteiger partial charge >= 0.3 is 0 Å². The predicted molar refractivity (Wildman–Crippen MR) is 126 cm³/mol. The topological polar surface area (TPSA) is 51.1 Å². The molecule has 2 atom stereocenters. The standard InChI is InChI=1S/C21H42N4O.HI/c1-4-22-21(23-15-19(9-13-26)14-18(2)3)25-12-8-20(17-25)16-24-10-6-5-7-11-24;/h18-20,26H,4-17H2,1-3H3,(H,22,23);1H. The van der Waals surface area contributed by atoms with Crippen LogP contribution in [0.15, 0.2) is 4.99 Å². The smallest absolute Gasteiger partial charge is 0.193 e. The second-order valence-corrected chi connectivity index (χ2v) is 8.66. The van der Waals surface area contributed by atoms with E-state index in [-0.39, 0.29) is 30.6 Å². The van der Waals surface area contributed by atoms with Crippen molar-refractivity contribution in [3.63, 3.8) is 0 Å². The number of hydrogen-bond acceptors (Lipinski definition) is 3. The van der Waals surface area contributed by atoms with Crippen LogP contribution < -0.4 is 5.32 Å². The van der Waals surface area contributed by atoms with Crippen LogP contribution in [0.25, 0.3) is 0 Å². The number of halogens is 1. The van der Waals surface area contributed by atoms with E-state index in [1.807, 2.05) is 0 Å². The van der Waals surface area contributed by atoms with Crippen molar-refractivity contribution in [3.8, 4) is 0 Å². The van der Waals surface area contributed by atoms with Gasteiger partial charge in [-0.25, -0.2) is 0 Å². The minimum atomic E-state index is 0. The molecule has 2 N–H and O–H groups in total. The number of rotatable bonds is 9. The van der Waals surface area contributed by atoms with Gasteiger partial charge in [-0.15, -0.1) is 24.0 Å². The zero-order chi connectivity index (χ0) is 18.8. The van der Waals surface area contributed by atoms with Crippen LogP contribution in [0.4, 0.5) is 0 Å². The zero-order valence-corrected chi connectivity index (χ0v) is 20.2. The Morgan fingerprint density at radius 1 is 1.19 bits per heavy atom. The van der Waals surface area contributed by atoms with Gasteiger partial charge in [0.15, 0.2) is 5.96 Å². The first-order chi connectivity index (χ1) is 12.6. The molecule has 160 valence electrons. The summed E-state index contributed by atoms with van der Waals surface area (Å²) in [6, 6.07) is 0. The summed E-state index contributed by atoms with van der Waals surface area (Å²) in [6.45, 7) is 14.8. The van der Waals surface area contributed by atoms with E-state index in [4.69, 9.17) is 4.99 Å². The van der Waals surface area contributed by atoms with E-state index in [0.717, 1.165) is 50.9 Å². The fourth-order valence-electron chi connectivity index (χ4n) is 4.46. The Morgan fingerprint density at radius 3 is 2.56 bits per heavy atom. The van der Waals surface area contributed by atoms with Crippen molar-refractivity contribution >= 4 is 29.9 Å². The molecule has 2 fully saturated rings. The first-order valence-electron chi connectivity index (χ1n) is 11.0. The molecule has 0 aromatic rings. The Bertz CT molecular complexity index is 413. The number of guanidine groups is 1. The highest BCUT2D eigenvalue weighted by atomic mass is 127. The van der Waals surface area contributed by atoms with Gasteiger partial charge in [-0.1, -0.05) is 20.3 Å². The quantitative estimate of drug-likeness (QED) is 0.293. The van der Waals surface area contributed by atoms with Crippen LogP contribution in [-0.2, 0) is 0 Å². The molecule has 27 heavy (non-hydrogen) atoms. The summed E-state index contributed by atoms with van der Waals surface area (Å²) in [7, 11) is 0. The summed E-state index contributed by atoms with van der Waals surface area (Å²) in [6.07, 6.45) is 7.45. The van der Waals surface area contributed by atoms with Gasteiger partial charge in [0.1, 0.15) is 0 Å². The fraction of sp³-hybridized carbons (Fsp3) is 0.952. The largest absolute Gasteiger partial charge is 0.396 e. The van der Waals surface area contributed by atoms with Crippen LogP contribution in [0.5, 0.6) is 0 Å². The van der Waals surface area contributed by atoms with Crippen molar-refractivity contribution in [2.45, 2.75) is 59.3 Å². The lowest BCUT2D eigenvalue weighted by Crippen LogP contribution is -2.41. The monoisotopic (exact) mass is 494 g/mol. The van der Waals surface area contributed by atoms with Crippen LogP contribution in [0.3, 0.4) is 0 Å². The maximum absolute atomic E-state index is 9.34. The van der Waals surface area contributed by atoms with Crippen molar-refractivity contribution in [2.24, 2.45) is 22.7 Å². The molecule has 0 bridgehead atoms. The van der Waals surface area contributed by atoms with E-state index >= 15 is 0 Å². The van der Waals surface area contributed by atoms with E-state index in [9.17, 15) is 5.11 Å². The molecular formula is C21H43IN4O. The number of nitrogens with one attached hydrogen (secondary N) is 1. The predicted octanol–water partition coefficient (Wildman–Crippen LogP) is 3.42. The van der Waals surface area contributed by atoms with Gasteiger partial charge in [-0.2, -0.15) is 0 Å². The molecule has 2 aliphatic rings. The van der Waals surface area contributed by atoms with Gasteiger partial charge in [0, 0.05) is 39.3 Å². The van der Waals surface area contributed by atoms with Gasteiger partial charge in [-0.3, -0.25) is 4.99 Å². The lowest BCUT2D eigenvalue weighted by molar-refractivity contribution is 0.198. The average Bonchev–Trinajstić information content (AvgIpc) is 3.07. The van der Waals surface area contributed by atoms with E-state index < -0.39 is 0 Å². The molecule has 0 aromatic carbocycles. The van der Waals surface area contributed by atoms with Crippen LogP contribution in [0, 0.1) is 17.8 Å². The molecule has 5 nitrogen and oxygen atoms in total. The summed E-state index contributed by atoms with van der Waals surface area (Å²) in [4.78, 5) is 10.1. The number of likely N-dealkylation sites (tertiary alicyclic amines) is 2. The first-order valence-corrected chi connectivity index (χ1v) is 11.0. The summed E-state index contributed by atoms with van der Waals surface area (Å²) in [5.74, 6) is 3.01. The number of aliphatic hydroxyl groups excluding tert-OH is 1. The third kappa shape index (κ3) is 9.31. The first kappa shape index (κ1) is 25.0. The minimum Gasteiger partial charge on any atom is -0.396 e. The molecule has 2 aliphatic heterocycles. The molecule has 0 amide bonds. The van der Waals surface area contributed by atoms with Crippen molar-refractivity contribution < 1.29 is 5.11 Å². The number of hydrogen-bond donors (Lipinski definition) is 2. The Labute approximate surface area is 184 Å². The minimum absolute atomic E-state index is 0. The molecule has 0 aromatic heterocycles. The summed E-state index contributed by atoms with van der Waals surface area (Å²) < 4.78 is 0. The van der Waals surface area contributed by atoms with Crippen LogP contribution >= 0.6 is 24.0 Å². The highest BCUT2D eigenvalue weighted by molar-refractivity contribution is 14.0. The van der Waals surface area contributed by atoms with Crippen molar-refractivity contribution in [3.05, 3.63) is 0 Å². The maximum atomic E-state index is 9.34. The second-order valence-electron chi connectivity index (χ2n) is 8.66. The van der Waals surface area contributed by atoms with Crippen molar-refractivity contribution in [1.29, 1.82) is 0 Å². The van der Waals surface area contributed by atoms with E-state index in [1.165, 1.54) is 45.3 Å². The number of piperidine rings is 1. The van der Waals surface area contributed by atoms with Gasteiger partial charge in [0.25, 0.3) is 0 Å². The lowest BCUT2D eigenvalue weighted by atomic mass is 9.94. The van der Waals surface area contributed by atoms with Gasteiger partial charge in [0.05, 0.1) is 0 Å². The average molecular weight is 495 g/mol. The molecule has 2 heterocycles. The summed E-state index contributed by atoms with van der Waals surface area (Å²) in [5, 5.41) is 12.8. The number of nitrogens with zero attached hydrogens (tertiary/aromatic N) is 3. The van der Waals surface area contributed by atoms with E-state index in [1.54, 1.807) is 0 Å². The normalized spacial score (nSPS) is 22.8. The molecule has 6 heteroatoms. The van der Waals surface area contributed by atoms with Crippen LogP contribution in [0.2, 0.25) is 0 Å². The Hall–Kier alpha value is -0.0800. The van der Waals surface area contributed by atoms with Crippen LogP contribution in [0.1, 0.15) is 59.3 Å². The van der Waals surface area contributed by atoms with E-state index in [2.05, 4.69) is 35.9 Å². The molecule has 0 aliphatic carbocycles. The summed E-state index contributed by atoms with van der Waals surface area (Å²) in [5.41, 5.74) is 0. The highest BCUT2D eigenvalue weighted by Gasteiger charge is 2.27. The third-order valence-corrected chi connectivity index (χ3v) is 5.73. The molecular weight excluding hydrogens is 451 g/mol. The molecule has 2 rings (SSSR count). The van der Waals surface area contributed by atoms with Gasteiger partial charge in [-0.05, 0) is 69.9 Å². The van der Waals surface area contributed by atoms with Crippen LogP contribution in [-0.4, -0.2) is 73.3 Å². The SMILES string of the molecule is CCNC(=NCC(CCO)CC(C)C)N1CCC(CN2CCCCC2)C1.I. The molecule has 0 radical (unpaired) electrons. The van der Waals surface area contributed by atoms with Crippen molar-refractivity contribution in [2.75, 3.05) is 52.4 Å². The molecule has 2 saturated heterocycles. The Balaban J connectivity index is 0.00000364. The zero-order valence-electron chi connectivity index (χ0n) is 17.8. The lowest BCUT2D eigenvalue weighted by Gasteiger charge is -2.29. The Morgan fingerprint density at radius 2 is 1.93 bits per heavy atom.